The molecule has 78 valence electrons. The Morgan fingerprint density at radius 3 is 2.67 bits per heavy atom. The van der Waals surface area contributed by atoms with Crippen LogP contribution in [-0.4, -0.2) is 27.6 Å². The molecule has 0 aromatic heterocycles. The number of aliphatic hydroxyl groups is 1. The highest BCUT2D eigenvalue weighted by Gasteiger charge is 2.47. The number of benzene rings is 1. The van der Waals surface area contributed by atoms with Gasteiger partial charge in [0.15, 0.2) is 0 Å². The Morgan fingerprint density at radius 1 is 1.33 bits per heavy atom. The second-order valence-corrected chi connectivity index (χ2v) is 3.65. The van der Waals surface area contributed by atoms with Gasteiger partial charge in [-0.3, -0.25) is 4.79 Å². The third-order valence-corrected chi connectivity index (χ3v) is 2.75. The molecule has 2 N–H and O–H groups in total. The molecule has 1 unspecified atom stereocenters. The molecule has 2 rings (SSSR count). The van der Waals surface area contributed by atoms with E-state index >= 15 is 0 Å². The molecule has 0 saturated heterocycles. The Kier molecular flexibility index (Phi) is 2.08. The Hall–Kier alpha value is -1.68. The summed E-state index contributed by atoms with van der Waals surface area (Å²) in [5.41, 5.74) is -1.13. The fourth-order valence-electron chi connectivity index (χ4n) is 1.82. The van der Waals surface area contributed by atoms with Crippen molar-refractivity contribution in [3.05, 3.63) is 35.4 Å². The number of carbonyl (C=O) groups excluding carboxylic acids is 1. The first-order chi connectivity index (χ1) is 7.05. The summed E-state index contributed by atoms with van der Waals surface area (Å²) in [4.78, 5) is 22.6. The molecular formula is C11H10O4. The lowest BCUT2D eigenvalue weighted by Gasteiger charge is -2.27. The topological polar surface area (TPSA) is 74.6 Å². The third kappa shape index (κ3) is 1.34. The number of aryl methyl sites for hydroxylation is 1. The van der Waals surface area contributed by atoms with E-state index < -0.39 is 17.4 Å². The zero-order valence-corrected chi connectivity index (χ0v) is 7.93. The molecule has 1 atom stereocenters. The quantitative estimate of drug-likeness (QED) is 0.661. The fourth-order valence-corrected chi connectivity index (χ4v) is 1.82. The predicted molar refractivity (Wildman–Crippen MR) is 51.7 cm³/mol. The summed E-state index contributed by atoms with van der Waals surface area (Å²) in [7, 11) is 0. The minimum absolute atomic E-state index is 0.0574. The highest BCUT2D eigenvalue weighted by Crippen LogP contribution is 2.28. The molecule has 0 saturated carbocycles. The van der Waals surface area contributed by atoms with Crippen LogP contribution in [0.4, 0.5) is 0 Å². The van der Waals surface area contributed by atoms with Crippen molar-refractivity contribution >= 4 is 11.8 Å². The molecule has 1 aliphatic rings. The number of Topliss-reactive ketones (excluding diaryl/α,β-unsaturated/α-hetero) is 1. The molecule has 4 nitrogen and oxygen atoms in total. The van der Waals surface area contributed by atoms with Gasteiger partial charge < -0.3 is 10.2 Å². The van der Waals surface area contributed by atoms with E-state index in [1.54, 1.807) is 24.3 Å². The van der Waals surface area contributed by atoms with Gasteiger partial charge in [0.2, 0.25) is 11.4 Å². The number of fused-ring (bicyclic) bond motifs is 1. The van der Waals surface area contributed by atoms with E-state index in [1.807, 2.05) is 0 Å². The lowest BCUT2D eigenvalue weighted by Crippen LogP contribution is -2.49. The third-order valence-electron chi connectivity index (χ3n) is 2.75. The van der Waals surface area contributed by atoms with Gasteiger partial charge in [-0.2, -0.15) is 0 Å². The van der Waals surface area contributed by atoms with Crippen molar-refractivity contribution in [3.63, 3.8) is 0 Å². The summed E-state index contributed by atoms with van der Waals surface area (Å²) in [5.74, 6) is -2.18. The number of hydrogen-bond acceptors (Lipinski definition) is 3. The van der Waals surface area contributed by atoms with Crippen LogP contribution in [0.15, 0.2) is 24.3 Å². The number of aliphatic carboxylic acids is 1. The minimum Gasteiger partial charge on any atom is -0.479 e. The Labute approximate surface area is 86.2 Å². The molecule has 0 spiro atoms. The monoisotopic (exact) mass is 206 g/mol. The van der Waals surface area contributed by atoms with Crippen molar-refractivity contribution < 1.29 is 19.8 Å². The lowest BCUT2D eigenvalue weighted by atomic mass is 9.79. The van der Waals surface area contributed by atoms with Gasteiger partial charge in [0, 0.05) is 5.56 Å². The van der Waals surface area contributed by atoms with E-state index in [0.717, 1.165) is 5.56 Å². The van der Waals surface area contributed by atoms with Crippen LogP contribution in [0.3, 0.4) is 0 Å². The minimum atomic E-state index is -2.24. The van der Waals surface area contributed by atoms with E-state index in [4.69, 9.17) is 5.11 Å². The summed E-state index contributed by atoms with van der Waals surface area (Å²) >= 11 is 0. The van der Waals surface area contributed by atoms with Crippen LogP contribution in [0, 0.1) is 0 Å². The second kappa shape index (κ2) is 3.17. The lowest BCUT2D eigenvalue weighted by molar-refractivity contribution is -0.154. The molecule has 1 aromatic carbocycles. The summed E-state index contributed by atoms with van der Waals surface area (Å²) in [6.07, 6.45) is 0.350. The normalized spacial score (nSPS) is 24.7. The van der Waals surface area contributed by atoms with Crippen molar-refractivity contribution in [1.82, 2.24) is 0 Å². The summed E-state index contributed by atoms with van der Waals surface area (Å²) in [6, 6.07) is 6.76. The molecular weight excluding hydrogens is 196 g/mol. The van der Waals surface area contributed by atoms with Gasteiger partial charge in [0.1, 0.15) is 0 Å². The standard InChI is InChI=1S/C11H10O4/c12-9-8-4-2-1-3-7(8)5-6-11(9,15)10(13)14/h1-4,15H,5-6H2,(H,13,14). The SMILES string of the molecule is O=C(O)C1(O)CCc2ccccc2C1=O. The fraction of sp³-hybridized carbons (Fsp3) is 0.273. The Balaban J connectivity index is 2.51. The van der Waals surface area contributed by atoms with Gasteiger partial charge in [-0.15, -0.1) is 0 Å². The second-order valence-electron chi connectivity index (χ2n) is 3.65. The molecule has 0 heterocycles. The largest absolute Gasteiger partial charge is 0.479 e. The maximum Gasteiger partial charge on any atom is 0.343 e. The van der Waals surface area contributed by atoms with Crippen molar-refractivity contribution in [3.8, 4) is 0 Å². The van der Waals surface area contributed by atoms with Crippen molar-refractivity contribution in [2.24, 2.45) is 0 Å². The van der Waals surface area contributed by atoms with Crippen molar-refractivity contribution in [1.29, 1.82) is 0 Å². The van der Waals surface area contributed by atoms with E-state index in [-0.39, 0.29) is 6.42 Å². The molecule has 0 radical (unpaired) electrons. The predicted octanol–water partition coefficient (Wildman–Crippen LogP) is 0.631. The summed E-state index contributed by atoms with van der Waals surface area (Å²) < 4.78 is 0. The number of hydrogen-bond donors (Lipinski definition) is 2. The number of carboxylic acids is 1. The zero-order valence-electron chi connectivity index (χ0n) is 7.93. The maximum absolute atomic E-state index is 11.7. The highest BCUT2D eigenvalue weighted by molar-refractivity contribution is 6.16. The first-order valence-corrected chi connectivity index (χ1v) is 4.64. The first kappa shape index (κ1) is 9.86. The molecule has 0 amide bonds. The Bertz CT molecular complexity index is 438. The van der Waals surface area contributed by atoms with E-state index in [1.165, 1.54) is 0 Å². The number of carboxylic acid groups (broad SMARTS) is 1. The van der Waals surface area contributed by atoms with Gasteiger partial charge in [0.05, 0.1) is 0 Å². The van der Waals surface area contributed by atoms with Crippen LogP contribution in [0.5, 0.6) is 0 Å². The zero-order chi connectivity index (χ0) is 11.1. The molecule has 0 bridgehead atoms. The van der Waals surface area contributed by atoms with Crippen LogP contribution < -0.4 is 0 Å². The number of carbonyl (C=O) groups is 2. The van der Waals surface area contributed by atoms with Crippen LogP contribution in [0.1, 0.15) is 22.3 Å². The van der Waals surface area contributed by atoms with Crippen LogP contribution in [-0.2, 0) is 11.2 Å². The summed E-state index contributed by atoms with van der Waals surface area (Å²) in [6.45, 7) is 0. The van der Waals surface area contributed by atoms with E-state index in [9.17, 15) is 14.7 Å². The maximum atomic E-state index is 11.7. The summed E-state index contributed by atoms with van der Waals surface area (Å²) in [5, 5.41) is 18.5. The van der Waals surface area contributed by atoms with Crippen molar-refractivity contribution in [2.45, 2.75) is 18.4 Å². The highest BCUT2D eigenvalue weighted by atomic mass is 16.4. The van der Waals surface area contributed by atoms with Gasteiger partial charge in [-0.25, -0.2) is 4.79 Å². The average Bonchev–Trinajstić information content (AvgIpc) is 2.24. The van der Waals surface area contributed by atoms with E-state index in [2.05, 4.69) is 0 Å². The van der Waals surface area contributed by atoms with Gasteiger partial charge in [0.25, 0.3) is 0 Å². The molecule has 1 aliphatic carbocycles. The molecule has 1 aromatic rings. The number of ketones is 1. The van der Waals surface area contributed by atoms with Gasteiger partial charge in [-0.05, 0) is 18.4 Å². The van der Waals surface area contributed by atoms with Crippen LogP contribution in [0.2, 0.25) is 0 Å². The van der Waals surface area contributed by atoms with Crippen LogP contribution in [0.25, 0.3) is 0 Å². The van der Waals surface area contributed by atoms with Gasteiger partial charge in [-0.1, -0.05) is 24.3 Å². The van der Waals surface area contributed by atoms with Crippen LogP contribution >= 0.6 is 0 Å². The molecule has 0 aliphatic heterocycles. The number of rotatable bonds is 1. The van der Waals surface area contributed by atoms with E-state index in [0.29, 0.717) is 12.0 Å². The molecule has 4 heteroatoms. The smallest absolute Gasteiger partial charge is 0.343 e. The van der Waals surface area contributed by atoms with Crippen molar-refractivity contribution in [2.75, 3.05) is 0 Å². The van der Waals surface area contributed by atoms with Gasteiger partial charge >= 0.3 is 5.97 Å². The molecule has 0 fully saturated rings. The Morgan fingerprint density at radius 2 is 2.00 bits per heavy atom. The average molecular weight is 206 g/mol. The first-order valence-electron chi connectivity index (χ1n) is 4.64. The molecule has 15 heavy (non-hydrogen) atoms.